The van der Waals surface area contributed by atoms with E-state index in [1.165, 1.54) is 6.07 Å². The van der Waals surface area contributed by atoms with E-state index >= 15 is 0 Å². The van der Waals surface area contributed by atoms with Crippen LogP contribution in [0.1, 0.15) is 28.8 Å². The Hall–Kier alpha value is -2.96. The minimum Gasteiger partial charge on any atom is -0.377 e. The van der Waals surface area contributed by atoms with Gasteiger partial charge in [-0.05, 0) is 49.6 Å². The quantitative estimate of drug-likeness (QED) is 0.653. The van der Waals surface area contributed by atoms with Crippen LogP contribution in [0.5, 0.6) is 0 Å². The summed E-state index contributed by atoms with van der Waals surface area (Å²) in [5, 5.41) is 17.0. The molecule has 3 rings (SSSR count). The predicted octanol–water partition coefficient (Wildman–Crippen LogP) is 3.12. The number of amides is 1. The van der Waals surface area contributed by atoms with Crippen LogP contribution in [0.2, 0.25) is 0 Å². The number of hydrogen-bond acceptors (Lipinski definition) is 5. The van der Waals surface area contributed by atoms with E-state index in [4.69, 9.17) is 0 Å². The predicted molar refractivity (Wildman–Crippen MR) is 86.7 cm³/mol. The number of rotatable bonds is 5. The van der Waals surface area contributed by atoms with E-state index in [-0.39, 0.29) is 11.3 Å². The molecule has 118 valence electrons. The first-order valence-electron chi connectivity index (χ1n) is 7.32. The third kappa shape index (κ3) is 3.63. The Morgan fingerprint density at radius 1 is 1.30 bits per heavy atom. The Balaban J connectivity index is 1.82. The van der Waals surface area contributed by atoms with Crippen LogP contribution in [0, 0.1) is 17.0 Å². The van der Waals surface area contributed by atoms with Gasteiger partial charge < -0.3 is 10.6 Å². The highest BCUT2D eigenvalue weighted by atomic mass is 16.6. The van der Waals surface area contributed by atoms with E-state index < -0.39 is 10.8 Å². The molecular weight excluding hydrogens is 296 g/mol. The summed E-state index contributed by atoms with van der Waals surface area (Å²) in [5.41, 5.74) is 1.54. The number of anilines is 2. The maximum atomic E-state index is 12.3. The van der Waals surface area contributed by atoms with Crippen LogP contribution >= 0.6 is 0 Å². The zero-order chi connectivity index (χ0) is 16.4. The van der Waals surface area contributed by atoms with E-state index in [9.17, 15) is 14.9 Å². The summed E-state index contributed by atoms with van der Waals surface area (Å²) in [7, 11) is 0. The van der Waals surface area contributed by atoms with Crippen molar-refractivity contribution in [3.63, 3.8) is 0 Å². The molecule has 0 saturated heterocycles. The van der Waals surface area contributed by atoms with Gasteiger partial charge in [-0.1, -0.05) is 0 Å². The van der Waals surface area contributed by atoms with Gasteiger partial charge in [0.05, 0.1) is 4.92 Å². The molecule has 1 aromatic carbocycles. The topological polar surface area (TPSA) is 97.2 Å². The summed E-state index contributed by atoms with van der Waals surface area (Å²) in [6.07, 6.45) is 3.62. The lowest BCUT2D eigenvalue weighted by molar-refractivity contribution is -0.384. The van der Waals surface area contributed by atoms with E-state index in [0.29, 0.717) is 17.5 Å². The Morgan fingerprint density at radius 2 is 2.09 bits per heavy atom. The number of carbonyl (C=O) groups excluding carboxylic acids is 1. The van der Waals surface area contributed by atoms with Crippen LogP contribution in [0.15, 0.2) is 36.5 Å². The monoisotopic (exact) mass is 312 g/mol. The SMILES string of the molecule is Cc1ccnc(NC(=O)c2ccc(NC3CC3)c([N+](=O)[O-])c2)c1. The summed E-state index contributed by atoms with van der Waals surface area (Å²) in [6.45, 7) is 1.89. The second-order valence-electron chi connectivity index (χ2n) is 5.58. The number of nitrogens with zero attached hydrogens (tertiary/aromatic N) is 2. The summed E-state index contributed by atoms with van der Waals surface area (Å²) in [4.78, 5) is 27.0. The molecule has 7 nitrogen and oxygen atoms in total. The molecule has 0 bridgehead atoms. The highest BCUT2D eigenvalue weighted by molar-refractivity contribution is 6.04. The molecule has 1 heterocycles. The van der Waals surface area contributed by atoms with E-state index in [1.54, 1.807) is 24.4 Å². The Kier molecular flexibility index (Phi) is 3.92. The van der Waals surface area contributed by atoms with Gasteiger partial charge in [0, 0.05) is 23.9 Å². The number of aryl methyl sites for hydroxylation is 1. The molecule has 1 aromatic heterocycles. The number of nitro groups is 1. The van der Waals surface area contributed by atoms with Crippen LogP contribution in [-0.2, 0) is 0 Å². The number of nitro benzene ring substituents is 1. The van der Waals surface area contributed by atoms with Crippen LogP contribution in [0.3, 0.4) is 0 Å². The Bertz CT molecular complexity index is 772. The highest BCUT2D eigenvalue weighted by Crippen LogP contribution is 2.31. The molecule has 1 fully saturated rings. The van der Waals surface area contributed by atoms with Crippen molar-refractivity contribution in [2.24, 2.45) is 0 Å². The molecule has 0 spiro atoms. The van der Waals surface area contributed by atoms with Gasteiger partial charge in [-0.2, -0.15) is 0 Å². The number of benzene rings is 1. The number of carbonyl (C=O) groups is 1. The maximum absolute atomic E-state index is 12.3. The smallest absolute Gasteiger partial charge is 0.293 e. The molecule has 7 heteroatoms. The molecular formula is C16H16N4O3. The standard InChI is InChI=1S/C16H16N4O3/c1-10-6-7-17-15(8-10)19-16(21)11-2-5-13(18-12-3-4-12)14(9-11)20(22)23/h2,5-9,12,18H,3-4H2,1H3,(H,17,19,21). The van der Waals surface area contributed by atoms with Gasteiger partial charge in [0.25, 0.3) is 11.6 Å². The zero-order valence-corrected chi connectivity index (χ0v) is 12.6. The summed E-state index contributed by atoms with van der Waals surface area (Å²) < 4.78 is 0. The van der Waals surface area contributed by atoms with Crippen LogP contribution in [0.4, 0.5) is 17.2 Å². The molecule has 0 atom stereocenters. The fraction of sp³-hybridized carbons (Fsp3) is 0.250. The van der Waals surface area contributed by atoms with Crippen molar-refractivity contribution in [2.75, 3.05) is 10.6 Å². The van der Waals surface area contributed by atoms with Gasteiger partial charge in [0.15, 0.2) is 0 Å². The summed E-state index contributed by atoms with van der Waals surface area (Å²) >= 11 is 0. The Labute approximate surface area is 132 Å². The first-order chi connectivity index (χ1) is 11.0. The van der Waals surface area contributed by atoms with Crippen molar-refractivity contribution in [1.29, 1.82) is 0 Å². The minimum absolute atomic E-state index is 0.0956. The molecule has 23 heavy (non-hydrogen) atoms. The molecule has 2 aromatic rings. The number of hydrogen-bond donors (Lipinski definition) is 2. The first-order valence-corrected chi connectivity index (χ1v) is 7.32. The van der Waals surface area contributed by atoms with Gasteiger partial charge in [0.1, 0.15) is 11.5 Å². The molecule has 1 aliphatic rings. The Morgan fingerprint density at radius 3 is 2.74 bits per heavy atom. The minimum atomic E-state index is -0.480. The van der Waals surface area contributed by atoms with Gasteiger partial charge in [-0.15, -0.1) is 0 Å². The largest absolute Gasteiger partial charge is 0.377 e. The average molecular weight is 312 g/mol. The van der Waals surface area contributed by atoms with E-state index in [0.717, 1.165) is 18.4 Å². The molecule has 1 saturated carbocycles. The number of pyridine rings is 1. The van der Waals surface area contributed by atoms with Crippen molar-refractivity contribution >= 4 is 23.1 Å². The number of nitrogens with one attached hydrogen (secondary N) is 2. The first kappa shape index (κ1) is 15.0. The average Bonchev–Trinajstić information content (AvgIpc) is 3.31. The maximum Gasteiger partial charge on any atom is 0.293 e. The van der Waals surface area contributed by atoms with Gasteiger partial charge in [0.2, 0.25) is 0 Å². The lowest BCUT2D eigenvalue weighted by Crippen LogP contribution is -2.14. The van der Waals surface area contributed by atoms with Crippen molar-refractivity contribution < 1.29 is 9.72 Å². The normalized spacial score (nSPS) is 13.4. The summed E-state index contributed by atoms with van der Waals surface area (Å²) in [5.74, 6) is -0.0120. The highest BCUT2D eigenvalue weighted by Gasteiger charge is 2.25. The second kappa shape index (κ2) is 6.04. The summed E-state index contributed by atoms with van der Waals surface area (Å²) in [6, 6.07) is 8.28. The zero-order valence-electron chi connectivity index (χ0n) is 12.6. The molecule has 0 aliphatic heterocycles. The van der Waals surface area contributed by atoms with Crippen molar-refractivity contribution in [2.45, 2.75) is 25.8 Å². The lowest BCUT2D eigenvalue weighted by Gasteiger charge is -2.08. The fourth-order valence-corrected chi connectivity index (χ4v) is 2.19. The van der Waals surface area contributed by atoms with Crippen LogP contribution in [0.25, 0.3) is 0 Å². The lowest BCUT2D eigenvalue weighted by atomic mass is 10.1. The molecule has 0 radical (unpaired) electrons. The molecule has 0 unspecified atom stereocenters. The van der Waals surface area contributed by atoms with E-state index in [1.807, 2.05) is 13.0 Å². The van der Waals surface area contributed by atoms with Crippen LogP contribution in [-0.4, -0.2) is 21.9 Å². The van der Waals surface area contributed by atoms with Gasteiger partial charge in [-0.3, -0.25) is 14.9 Å². The second-order valence-corrected chi connectivity index (χ2v) is 5.58. The van der Waals surface area contributed by atoms with Crippen molar-refractivity contribution in [3.05, 3.63) is 57.8 Å². The molecule has 1 amide bonds. The fourth-order valence-electron chi connectivity index (χ4n) is 2.19. The number of aromatic nitrogens is 1. The van der Waals surface area contributed by atoms with Crippen molar-refractivity contribution in [3.8, 4) is 0 Å². The van der Waals surface area contributed by atoms with Crippen LogP contribution < -0.4 is 10.6 Å². The third-order valence-corrected chi connectivity index (χ3v) is 3.55. The van der Waals surface area contributed by atoms with Crippen molar-refractivity contribution in [1.82, 2.24) is 4.98 Å². The van der Waals surface area contributed by atoms with Gasteiger partial charge in [-0.25, -0.2) is 4.98 Å². The molecule has 1 aliphatic carbocycles. The van der Waals surface area contributed by atoms with E-state index in [2.05, 4.69) is 15.6 Å². The third-order valence-electron chi connectivity index (χ3n) is 3.55. The molecule has 2 N–H and O–H groups in total. The van der Waals surface area contributed by atoms with Gasteiger partial charge >= 0.3 is 0 Å².